The van der Waals surface area contributed by atoms with Gasteiger partial charge in [0.1, 0.15) is 0 Å². The van der Waals surface area contributed by atoms with E-state index in [-0.39, 0.29) is 0 Å². The van der Waals surface area contributed by atoms with Gasteiger partial charge in [-0.1, -0.05) is 12.1 Å². The molecular weight excluding hydrogens is 198 g/mol. The Bertz CT molecular complexity index is 326. The van der Waals surface area contributed by atoms with E-state index in [2.05, 4.69) is 0 Å². The molecule has 76 valence electrons. The summed E-state index contributed by atoms with van der Waals surface area (Å²) in [5.74, 6) is 0.738. The molecule has 0 aliphatic rings. The van der Waals surface area contributed by atoms with Crippen LogP contribution in [-0.2, 0) is 13.6 Å². The third-order valence-corrected chi connectivity index (χ3v) is 4.69. The van der Waals surface area contributed by atoms with Crippen LogP contribution in [0.25, 0.3) is 0 Å². The highest BCUT2D eigenvalue weighted by Crippen LogP contribution is 2.06. The molecule has 14 heavy (non-hydrogen) atoms. The maximum absolute atomic E-state index is 11.0. The van der Waals surface area contributed by atoms with E-state index in [1.165, 1.54) is 14.2 Å². The summed E-state index contributed by atoms with van der Waals surface area (Å²) < 4.78 is 10.3. The number of rotatable bonds is 4. The molecule has 0 heterocycles. The van der Waals surface area contributed by atoms with Crippen molar-refractivity contribution in [2.75, 3.05) is 20.0 Å². The summed E-state index contributed by atoms with van der Waals surface area (Å²) in [5.41, 5.74) is 6.21. The molecule has 1 rings (SSSR count). The van der Waals surface area contributed by atoms with E-state index in [0.29, 0.717) is 5.69 Å². The molecule has 0 saturated carbocycles. The molecule has 0 radical (unpaired) electrons. The third kappa shape index (κ3) is 1.84. The van der Waals surface area contributed by atoms with Crippen molar-refractivity contribution < 1.29 is 13.6 Å². The minimum Gasteiger partial charge on any atom is -0.399 e. The van der Waals surface area contributed by atoms with Gasteiger partial charge in [0.2, 0.25) is 0 Å². The van der Waals surface area contributed by atoms with Crippen molar-refractivity contribution in [2.24, 2.45) is 0 Å². The Labute approximate surface area is 83.9 Å². The first-order chi connectivity index (χ1) is 6.68. The van der Waals surface area contributed by atoms with Gasteiger partial charge < -0.3 is 19.4 Å². The summed E-state index contributed by atoms with van der Waals surface area (Å²) in [7, 11) is 0.0457. The lowest BCUT2D eigenvalue weighted by molar-refractivity contribution is 0.274. The largest absolute Gasteiger partial charge is 0.440 e. The average Bonchev–Trinajstić information content (AvgIpc) is 2.22. The van der Waals surface area contributed by atoms with E-state index >= 15 is 0 Å². The fourth-order valence-corrected chi connectivity index (χ4v) is 2.90. The summed E-state index contributed by atoms with van der Waals surface area (Å²) >= 11 is 0. The normalized spacial score (nSPS) is 11.3. The number of hydrogen-bond donors (Lipinski definition) is 1. The van der Waals surface area contributed by atoms with Crippen LogP contribution in [0.1, 0.15) is 0 Å². The van der Waals surface area contributed by atoms with Crippen LogP contribution in [0.4, 0.5) is 5.69 Å². The van der Waals surface area contributed by atoms with Crippen LogP contribution in [0, 0.1) is 0 Å². The average molecular weight is 211 g/mol. The van der Waals surface area contributed by atoms with Crippen LogP contribution in [-0.4, -0.2) is 28.7 Å². The molecule has 0 aliphatic carbocycles. The zero-order chi connectivity index (χ0) is 10.6. The second-order valence-electron chi connectivity index (χ2n) is 2.82. The standard InChI is InChI=1S/C9H13NO3Si/c1-12-14(7-11,13-2)9-5-3-4-8(10)6-9/h3-7H,10H2,1-2H3. The monoisotopic (exact) mass is 211 g/mol. The first-order valence-electron chi connectivity index (χ1n) is 4.11. The molecule has 0 bridgehead atoms. The van der Waals surface area contributed by atoms with E-state index in [1.807, 2.05) is 0 Å². The van der Waals surface area contributed by atoms with Crippen LogP contribution in [0.15, 0.2) is 24.3 Å². The number of hydrogen-bond acceptors (Lipinski definition) is 4. The Morgan fingerprint density at radius 3 is 2.43 bits per heavy atom. The fraction of sp³-hybridized carbons (Fsp3) is 0.222. The van der Waals surface area contributed by atoms with Gasteiger partial charge in [0, 0.05) is 25.1 Å². The van der Waals surface area contributed by atoms with Gasteiger partial charge >= 0.3 is 8.56 Å². The number of nitrogens with two attached hydrogens (primary N) is 1. The minimum atomic E-state index is -2.89. The van der Waals surface area contributed by atoms with Gasteiger partial charge in [0.25, 0.3) is 0 Å². The van der Waals surface area contributed by atoms with Gasteiger partial charge in [-0.25, -0.2) is 0 Å². The minimum absolute atomic E-state index is 0.593. The number of nitrogen functional groups attached to an aromatic ring is 1. The Hall–Kier alpha value is -1.17. The summed E-state index contributed by atoms with van der Waals surface area (Å²) in [6.07, 6.45) is 0. The molecule has 0 aromatic heterocycles. The Morgan fingerprint density at radius 1 is 1.36 bits per heavy atom. The molecule has 1 aromatic rings. The molecule has 5 heteroatoms. The topological polar surface area (TPSA) is 61.5 Å². The van der Waals surface area contributed by atoms with Crippen LogP contribution in [0.3, 0.4) is 0 Å². The Morgan fingerprint density at radius 2 is 2.00 bits per heavy atom. The highest BCUT2D eigenvalue weighted by Gasteiger charge is 2.38. The second kappa shape index (κ2) is 4.36. The molecule has 2 N–H and O–H groups in total. The van der Waals surface area contributed by atoms with E-state index in [9.17, 15) is 4.79 Å². The maximum Gasteiger partial charge on any atom is 0.440 e. The van der Waals surface area contributed by atoms with Crippen molar-refractivity contribution in [3.8, 4) is 0 Å². The lowest BCUT2D eigenvalue weighted by atomic mass is 10.3. The molecule has 0 amide bonds. The van der Waals surface area contributed by atoms with Gasteiger partial charge in [0.15, 0.2) is 5.91 Å². The van der Waals surface area contributed by atoms with Crippen molar-refractivity contribution in [3.63, 3.8) is 0 Å². The number of benzene rings is 1. The molecule has 0 aliphatic heterocycles. The summed E-state index contributed by atoms with van der Waals surface area (Å²) in [5, 5.41) is 0.720. The van der Waals surface area contributed by atoms with Crippen molar-refractivity contribution in [1.29, 1.82) is 0 Å². The Kier molecular flexibility index (Phi) is 3.40. The summed E-state index contributed by atoms with van der Waals surface area (Å²) in [6.45, 7) is 0. The van der Waals surface area contributed by atoms with E-state index < -0.39 is 8.56 Å². The van der Waals surface area contributed by atoms with Crippen LogP contribution in [0.5, 0.6) is 0 Å². The molecule has 0 spiro atoms. The maximum atomic E-state index is 11.0. The van der Waals surface area contributed by atoms with Gasteiger partial charge in [0.05, 0.1) is 0 Å². The fourth-order valence-electron chi connectivity index (χ4n) is 1.24. The molecular formula is C9H13NO3Si. The van der Waals surface area contributed by atoms with E-state index in [1.54, 1.807) is 24.3 Å². The lowest BCUT2D eigenvalue weighted by Gasteiger charge is -2.21. The SMILES string of the molecule is CO[Si](C=O)(OC)c1cccc(N)c1. The van der Waals surface area contributed by atoms with Gasteiger partial charge in [-0.2, -0.15) is 0 Å². The second-order valence-corrected chi connectivity index (χ2v) is 5.78. The molecule has 4 nitrogen and oxygen atoms in total. The first kappa shape index (κ1) is 10.9. The van der Waals surface area contributed by atoms with Crippen molar-refractivity contribution >= 4 is 25.3 Å². The highest BCUT2D eigenvalue weighted by molar-refractivity contribution is 7.01. The zero-order valence-electron chi connectivity index (χ0n) is 8.19. The summed E-state index contributed by atoms with van der Waals surface area (Å²) in [4.78, 5) is 11.0. The van der Waals surface area contributed by atoms with Crippen molar-refractivity contribution in [1.82, 2.24) is 0 Å². The predicted octanol–water partition coefficient (Wildman–Crippen LogP) is -0.0173. The predicted molar refractivity (Wildman–Crippen MR) is 57.0 cm³/mol. The lowest BCUT2D eigenvalue weighted by Crippen LogP contribution is -2.54. The number of carbonyl (C=O) groups excluding carboxylic acids is 1. The van der Waals surface area contributed by atoms with Gasteiger partial charge in [-0.3, -0.25) is 0 Å². The molecule has 0 unspecified atom stereocenters. The van der Waals surface area contributed by atoms with Gasteiger partial charge in [-0.15, -0.1) is 0 Å². The Balaban J connectivity index is 3.17. The van der Waals surface area contributed by atoms with E-state index in [0.717, 1.165) is 11.1 Å². The summed E-state index contributed by atoms with van der Waals surface area (Å²) in [6, 6.07) is 7.00. The smallest absolute Gasteiger partial charge is 0.399 e. The molecule has 0 atom stereocenters. The zero-order valence-corrected chi connectivity index (χ0v) is 9.19. The molecule has 0 fully saturated rings. The quantitative estimate of drug-likeness (QED) is 0.432. The van der Waals surface area contributed by atoms with Crippen LogP contribution >= 0.6 is 0 Å². The van der Waals surface area contributed by atoms with Crippen molar-refractivity contribution in [3.05, 3.63) is 24.3 Å². The van der Waals surface area contributed by atoms with Crippen LogP contribution < -0.4 is 10.9 Å². The molecule has 0 saturated heterocycles. The highest BCUT2D eigenvalue weighted by atomic mass is 28.4. The van der Waals surface area contributed by atoms with Crippen molar-refractivity contribution in [2.45, 2.75) is 0 Å². The van der Waals surface area contributed by atoms with Gasteiger partial charge in [-0.05, 0) is 12.1 Å². The van der Waals surface area contributed by atoms with Crippen LogP contribution in [0.2, 0.25) is 0 Å². The molecule has 1 aromatic carbocycles. The number of carbonyl (C=O) groups is 1. The van der Waals surface area contributed by atoms with E-state index in [4.69, 9.17) is 14.6 Å². The number of anilines is 1. The third-order valence-electron chi connectivity index (χ3n) is 2.05. The first-order valence-corrected chi connectivity index (χ1v) is 6.00.